The van der Waals surface area contributed by atoms with Crippen LogP contribution in [0.25, 0.3) is 16.8 Å². The van der Waals surface area contributed by atoms with Crippen molar-refractivity contribution in [1.82, 2.24) is 20.0 Å². The van der Waals surface area contributed by atoms with E-state index in [1.807, 2.05) is 53.3 Å². The van der Waals surface area contributed by atoms with Gasteiger partial charge in [-0.25, -0.2) is 4.68 Å². The van der Waals surface area contributed by atoms with Gasteiger partial charge in [-0.05, 0) is 43.0 Å². The second-order valence-electron chi connectivity index (χ2n) is 8.10. The summed E-state index contributed by atoms with van der Waals surface area (Å²) < 4.78 is 1.87. The molecule has 0 fully saturated rings. The van der Waals surface area contributed by atoms with Crippen LogP contribution in [0, 0.1) is 0 Å². The Bertz CT molecular complexity index is 1140. The molecule has 0 aliphatic rings. The monoisotopic (exact) mass is 439 g/mol. The average molecular weight is 440 g/mol. The van der Waals surface area contributed by atoms with Crippen molar-refractivity contribution in [2.24, 2.45) is 0 Å². The fourth-order valence-corrected chi connectivity index (χ4v) is 3.85. The van der Waals surface area contributed by atoms with E-state index in [-0.39, 0.29) is 5.91 Å². The number of rotatable bonds is 11. The van der Waals surface area contributed by atoms with Gasteiger partial charge in [0.15, 0.2) is 0 Å². The number of nitrogens with zero attached hydrogens (tertiary/aromatic N) is 4. The van der Waals surface area contributed by atoms with Crippen LogP contribution < -0.4 is 5.32 Å². The lowest BCUT2D eigenvalue weighted by Gasteiger charge is -2.08. The van der Waals surface area contributed by atoms with Crippen LogP contribution in [0.1, 0.15) is 44.2 Å². The van der Waals surface area contributed by atoms with Gasteiger partial charge in [-0.15, -0.1) is 5.10 Å². The second kappa shape index (κ2) is 11.7. The van der Waals surface area contributed by atoms with E-state index in [9.17, 15) is 4.79 Å². The predicted molar refractivity (Wildman–Crippen MR) is 131 cm³/mol. The second-order valence-corrected chi connectivity index (χ2v) is 8.10. The van der Waals surface area contributed by atoms with Crippen molar-refractivity contribution in [1.29, 1.82) is 0 Å². The van der Waals surface area contributed by atoms with Crippen molar-refractivity contribution in [3.05, 3.63) is 91.0 Å². The van der Waals surface area contributed by atoms with Crippen LogP contribution in [-0.2, 0) is 11.2 Å². The van der Waals surface area contributed by atoms with E-state index in [1.165, 1.54) is 5.56 Å². The van der Waals surface area contributed by atoms with Crippen molar-refractivity contribution >= 4 is 11.6 Å². The molecule has 1 N–H and O–H groups in total. The third kappa shape index (κ3) is 6.59. The Balaban J connectivity index is 1.18. The highest BCUT2D eigenvalue weighted by molar-refractivity contribution is 5.90. The molecule has 0 bridgehead atoms. The number of aryl methyl sites for hydroxylation is 1. The Labute approximate surface area is 194 Å². The number of pyridine rings is 1. The van der Waals surface area contributed by atoms with E-state index < -0.39 is 0 Å². The van der Waals surface area contributed by atoms with Crippen molar-refractivity contribution in [2.75, 3.05) is 5.32 Å². The maximum absolute atomic E-state index is 12.0. The number of anilines is 1. The van der Waals surface area contributed by atoms with Gasteiger partial charge in [0.2, 0.25) is 5.91 Å². The van der Waals surface area contributed by atoms with Crippen LogP contribution in [0.5, 0.6) is 0 Å². The Hall–Kier alpha value is -3.80. The number of carbonyl (C=O) groups excluding carboxylic acids is 1. The zero-order valence-corrected chi connectivity index (χ0v) is 18.7. The molecule has 2 heterocycles. The Morgan fingerprint density at radius 3 is 2.48 bits per heavy atom. The largest absolute Gasteiger partial charge is 0.325 e. The molecule has 0 aliphatic carbocycles. The van der Waals surface area contributed by atoms with Gasteiger partial charge in [0.25, 0.3) is 0 Å². The molecule has 168 valence electrons. The number of hydrogen-bond acceptors (Lipinski definition) is 4. The number of hydrogen-bond donors (Lipinski definition) is 1. The standard InChI is InChI=1S/C27H29N5O/c33-27(29-23-15-11-19-28-20-23)18-8-3-1-2-7-14-24-21-32(31-30-24)26-17-10-9-16-25(26)22-12-5-4-6-13-22/h4-6,9-13,15-17,19-21H,1-3,7-8,14,18H2,(H,29,33). The van der Waals surface area contributed by atoms with E-state index in [1.54, 1.807) is 12.4 Å². The van der Waals surface area contributed by atoms with Gasteiger partial charge in [-0.3, -0.25) is 9.78 Å². The zero-order chi connectivity index (χ0) is 22.7. The summed E-state index contributed by atoms with van der Waals surface area (Å²) >= 11 is 0. The lowest BCUT2D eigenvalue weighted by Crippen LogP contribution is -2.11. The van der Waals surface area contributed by atoms with Crippen molar-refractivity contribution in [2.45, 2.75) is 44.9 Å². The van der Waals surface area contributed by atoms with Gasteiger partial charge in [-0.1, -0.05) is 73.0 Å². The molecule has 0 radical (unpaired) electrons. The van der Waals surface area contributed by atoms with Crippen LogP contribution in [-0.4, -0.2) is 25.9 Å². The summed E-state index contributed by atoms with van der Waals surface area (Å²) in [5.41, 5.74) is 5.10. The molecule has 6 heteroatoms. The van der Waals surface area contributed by atoms with E-state index in [2.05, 4.69) is 44.9 Å². The normalized spacial score (nSPS) is 10.8. The Morgan fingerprint density at radius 1 is 0.848 bits per heavy atom. The smallest absolute Gasteiger partial charge is 0.224 e. The van der Waals surface area contributed by atoms with E-state index in [0.29, 0.717) is 6.42 Å². The molecule has 4 aromatic rings. The minimum atomic E-state index is 0.0513. The molecule has 6 nitrogen and oxygen atoms in total. The van der Waals surface area contributed by atoms with Crippen molar-refractivity contribution in [3.8, 4) is 16.8 Å². The number of amides is 1. The van der Waals surface area contributed by atoms with Crippen LogP contribution in [0.4, 0.5) is 5.69 Å². The van der Waals surface area contributed by atoms with Crippen LogP contribution in [0.2, 0.25) is 0 Å². The first kappa shape index (κ1) is 22.4. The molecular weight excluding hydrogens is 410 g/mol. The molecule has 33 heavy (non-hydrogen) atoms. The third-order valence-electron chi connectivity index (χ3n) is 5.56. The maximum Gasteiger partial charge on any atom is 0.224 e. The molecule has 0 spiro atoms. The molecule has 4 rings (SSSR count). The highest BCUT2D eigenvalue weighted by Crippen LogP contribution is 2.26. The van der Waals surface area contributed by atoms with E-state index >= 15 is 0 Å². The van der Waals surface area contributed by atoms with Gasteiger partial charge in [0, 0.05) is 18.2 Å². The number of benzene rings is 2. The zero-order valence-electron chi connectivity index (χ0n) is 18.7. The summed E-state index contributed by atoms with van der Waals surface area (Å²) in [5, 5.41) is 11.6. The first-order valence-corrected chi connectivity index (χ1v) is 11.6. The SMILES string of the molecule is O=C(CCCCCCCc1cn(-c2ccccc2-c2ccccc2)nn1)Nc1cccnc1. The van der Waals surface area contributed by atoms with Crippen LogP contribution >= 0.6 is 0 Å². The molecule has 0 saturated carbocycles. The predicted octanol–water partition coefficient (Wildman–Crippen LogP) is 5.85. The minimum absolute atomic E-state index is 0.0513. The lowest BCUT2D eigenvalue weighted by atomic mass is 10.0. The maximum atomic E-state index is 12.0. The quantitative estimate of drug-likeness (QED) is 0.298. The van der Waals surface area contributed by atoms with Gasteiger partial charge in [-0.2, -0.15) is 0 Å². The molecule has 0 atom stereocenters. The summed E-state index contributed by atoms with van der Waals surface area (Å²) in [6.45, 7) is 0. The molecule has 2 aromatic carbocycles. The van der Waals surface area contributed by atoms with E-state index in [0.717, 1.165) is 61.2 Å². The molecule has 2 aromatic heterocycles. The summed E-state index contributed by atoms with van der Waals surface area (Å²) in [6, 6.07) is 22.3. The summed E-state index contributed by atoms with van der Waals surface area (Å²) in [5.74, 6) is 0.0513. The van der Waals surface area contributed by atoms with Gasteiger partial charge >= 0.3 is 0 Å². The van der Waals surface area contributed by atoms with Gasteiger partial charge < -0.3 is 5.32 Å². The van der Waals surface area contributed by atoms with Crippen molar-refractivity contribution < 1.29 is 4.79 Å². The lowest BCUT2D eigenvalue weighted by molar-refractivity contribution is -0.116. The van der Waals surface area contributed by atoms with Gasteiger partial charge in [0.1, 0.15) is 0 Å². The van der Waals surface area contributed by atoms with Crippen LogP contribution in [0.15, 0.2) is 85.3 Å². The minimum Gasteiger partial charge on any atom is -0.325 e. The van der Waals surface area contributed by atoms with Crippen LogP contribution in [0.3, 0.4) is 0 Å². The van der Waals surface area contributed by atoms with E-state index in [4.69, 9.17) is 0 Å². The topological polar surface area (TPSA) is 72.7 Å². The van der Waals surface area contributed by atoms with Gasteiger partial charge in [0.05, 0.1) is 29.5 Å². The first-order valence-electron chi connectivity index (χ1n) is 11.6. The highest BCUT2D eigenvalue weighted by Gasteiger charge is 2.09. The first-order chi connectivity index (χ1) is 16.3. The number of unbranched alkanes of at least 4 members (excludes halogenated alkanes) is 4. The summed E-state index contributed by atoms with van der Waals surface area (Å²) in [4.78, 5) is 16.0. The summed E-state index contributed by atoms with van der Waals surface area (Å²) in [7, 11) is 0. The Morgan fingerprint density at radius 2 is 1.64 bits per heavy atom. The number of para-hydroxylation sites is 1. The fourth-order valence-electron chi connectivity index (χ4n) is 3.85. The fraction of sp³-hybridized carbons (Fsp3) is 0.259. The molecular formula is C27H29N5O. The number of nitrogens with one attached hydrogen (secondary N) is 1. The summed E-state index contributed by atoms with van der Waals surface area (Å²) in [6.07, 6.45) is 12.1. The highest BCUT2D eigenvalue weighted by atomic mass is 16.1. The molecule has 0 saturated heterocycles. The van der Waals surface area contributed by atoms with Crippen molar-refractivity contribution in [3.63, 3.8) is 0 Å². The number of aromatic nitrogens is 4. The Kier molecular flexibility index (Phi) is 7.95. The number of carbonyl (C=O) groups is 1. The molecule has 0 aliphatic heterocycles. The molecule has 1 amide bonds. The molecule has 0 unspecified atom stereocenters. The average Bonchev–Trinajstić information content (AvgIpc) is 3.33. The third-order valence-corrected chi connectivity index (χ3v) is 5.56.